The van der Waals surface area contributed by atoms with Crippen LogP contribution in [0, 0.1) is 11.3 Å². The van der Waals surface area contributed by atoms with Gasteiger partial charge >= 0.3 is 6.03 Å². The summed E-state index contributed by atoms with van der Waals surface area (Å²) in [5.74, 6) is 1.18. The molecular weight excluding hydrogens is 428 g/mol. The number of imidazole rings is 1. The zero-order valence-corrected chi connectivity index (χ0v) is 19.9. The van der Waals surface area contributed by atoms with Gasteiger partial charge in [-0.15, -0.1) is 0 Å². The third-order valence-electron chi connectivity index (χ3n) is 6.62. The Morgan fingerprint density at radius 1 is 1.26 bits per heavy atom. The van der Waals surface area contributed by atoms with Crippen molar-refractivity contribution in [3.8, 4) is 0 Å². The van der Waals surface area contributed by atoms with Crippen LogP contribution in [0.1, 0.15) is 63.0 Å². The van der Waals surface area contributed by atoms with E-state index in [0.717, 1.165) is 35.1 Å². The third kappa shape index (κ3) is 4.25. The monoisotopic (exact) mass is 460 g/mol. The molecule has 1 aliphatic heterocycles. The number of aromatic nitrogens is 2. The lowest BCUT2D eigenvalue weighted by Crippen LogP contribution is -2.49. The highest BCUT2D eigenvalue weighted by Crippen LogP contribution is 2.42. The smallest absolute Gasteiger partial charge is 0.325 e. The van der Waals surface area contributed by atoms with Crippen LogP contribution in [-0.2, 0) is 6.54 Å². The van der Waals surface area contributed by atoms with Crippen LogP contribution in [0.2, 0.25) is 0 Å². The molecule has 8 heteroatoms. The van der Waals surface area contributed by atoms with E-state index in [-0.39, 0.29) is 17.9 Å². The summed E-state index contributed by atoms with van der Waals surface area (Å²) in [6.45, 7) is 6.51. The van der Waals surface area contributed by atoms with Crippen LogP contribution < -0.4 is 10.2 Å². The lowest BCUT2D eigenvalue weighted by Gasteiger charge is -2.41. The average Bonchev–Trinajstić information content (AvgIpc) is 3.54. The van der Waals surface area contributed by atoms with Gasteiger partial charge in [0.15, 0.2) is 0 Å². The van der Waals surface area contributed by atoms with E-state index < -0.39 is 6.23 Å². The molecule has 2 aliphatic rings. The average molecular weight is 461 g/mol. The first kappa shape index (κ1) is 22.4. The van der Waals surface area contributed by atoms with Crippen LogP contribution >= 0.6 is 0 Å². The summed E-state index contributed by atoms with van der Waals surface area (Å²) in [5, 5.41) is 21.3. The molecule has 0 saturated heterocycles. The highest BCUT2D eigenvalue weighted by molar-refractivity contribution is 5.99. The molecule has 0 radical (unpaired) electrons. The van der Waals surface area contributed by atoms with E-state index in [1.807, 2.05) is 60.0 Å². The zero-order chi connectivity index (χ0) is 24.0. The van der Waals surface area contributed by atoms with Gasteiger partial charge in [0.25, 0.3) is 0 Å². The molecular formula is C26H32N6O2. The number of carbonyl (C=O) groups is 1. The fraction of sp³-hybridized carbons (Fsp3) is 0.423. The van der Waals surface area contributed by atoms with Crippen LogP contribution in [0.5, 0.6) is 0 Å². The fourth-order valence-electron chi connectivity index (χ4n) is 4.82. The fourth-order valence-corrected chi connectivity index (χ4v) is 4.82. The van der Waals surface area contributed by atoms with Crippen LogP contribution in [0.3, 0.4) is 0 Å². The first-order valence-electron chi connectivity index (χ1n) is 12.0. The number of aliphatic hydroxyl groups is 1. The van der Waals surface area contributed by atoms with Crippen molar-refractivity contribution in [1.29, 1.82) is 5.41 Å². The van der Waals surface area contributed by atoms with Crippen LogP contribution in [0.25, 0.3) is 11.0 Å². The number of anilines is 1. The second-order valence-electron chi connectivity index (χ2n) is 9.82. The van der Waals surface area contributed by atoms with Crippen molar-refractivity contribution in [3.63, 3.8) is 0 Å². The molecule has 1 saturated carbocycles. The highest BCUT2D eigenvalue weighted by atomic mass is 16.3. The summed E-state index contributed by atoms with van der Waals surface area (Å²) in [4.78, 5) is 25.4. The number of urea groups is 1. The number of hydrogen-bond acceptors (Lipinski definition) is 4. The number of para-hydroxylation sites is 1. The van der Waals surface area contributed by atoms with Crippen LogP contribution in [0.4, 0.5) is 10.5 Å². The molecule has 1 aromatic heterocycles. The van der Waals surface area contributed by atoms with Crippen molar-refractivity contribution in [2.45, 2.75) is 64.9 Å². The van der Waals surface area contributed by atoms with Crippen molar-refractivity contribution >= 4 is 28.6 Å². The molecule has 5 rings (SSSR count). The Labute approximate surface area is 199 Å². The van der Waals surface area contributed by atoms with E-state index in [0.29, 0.717) is 36.3 Å². The van der Waals surface area contributed by atoms with Gasteiger partial charge in [-0.05, 0) is 61.9 Å². The van der Waals surface area contributed by atoms with Gasteiger partial charge in [0, 0.05) is 11.6 Å². The molecule has 2 aromatic carbocycles. The van der Waals surface area contributed by atoms with E-state index in [9.17, 15) is 9.90 Å². The zero-order valence-electron chi connectivity index (χ0n) is 19.9. The maximum absolute atomic E-state index is 13.5. The summed E-state index contributed by atoms with van der Waals surface area (Å²) in [5.41, 5.74) is 4.32. The molecule has 178 valence electrons. The molecule has 1 fully saturated rings. The summed E-state index contributed by atoms with van der Waals surface area (Å²) < 4.78 is 0. The van der Waals surface area contributed by atoms with Crippen molar-refractivity contribution in [2.75, 3.05) is 4.90 Å². The number of fused-ring (bicyclic) bond motifs is 2. The number of nitrogens with zero attached hydrogens (tertiary/aromatic N) is 3. The Kier molecular flexibility index (Phi) is 5.77. The number of carbonyl (C=O) groups excluding carboxylic acids is 1. The maximum atomic E-state index is 13.5. The molecule has 3 aromatic rings. The second-order valence-corrected chi connectivity index (χ2v) is 9.82. The predicted molar refractivity (Wildman–Crippen MR) is 133 cm³/mol. The van der Waals surface area contributed by atoms with Crippen LogP contribution in [-0.4, -0.2) is 44.1 Å². The molecule has 4 N–H and O–H groups in total. The number of rotatable bonds is 7. The number of benzene rings is 2. The van der Waals surface area contributed by atoms with Gasteiger partial charge in [-0.2, -0.15) is 0 Å². The van der Waals surface area contributed by atoms with Crippen molar-refractivity contribution < 1.29 is 9.90 Å². The molecule has 0 spiro atoms. The largest absolute Gasteiger partial charge is 0.374 e. The molecule has 8 nitrogen and oxygen atoms in total. The molecule has 2 heterocycles. The topological polar surface area (TPSA) is 108 Å². The number of H-pyrrole nitrogens is 1. The molecule has 1 aliphatic carbocycles. The highest BCUT2D eigenvalue weighted by Gasteiger charge is 2.43. The Morgan fingerprint density at radius 2 is 2.03 bits per heavy atom. The van der Waals surface area contributed by atoms with Gasteiger partial charge in [-0.1, -0.05) is 32.0 Å². The minimum Gasteiger partial charge on any atom is -0.374 e. The van der Waals surface area contributed by atoms with E-state index in [2.05, 4.69) is 23.3 Å². The second kappa shape index (κ2) is 8.76. The maximum Gasteiger partial charge on any atom is 0.325 e. The minimum absolute atomic E-state index is 0.0277. The van der Waals surface area contributed by atoms with Gasteiger partial charge in [-0.25, -0.2) is 9.78 Å². The van der Waals surface area contributed by atoms with Crippen molar-refractivity contribution in [2.24, 2.45) is 5.92 Å². The molecule has 2 amide bonds. The number of aliphatic hydroxyl groups excluding tert-OH is 1. The third-order valence-corrected chi connectivity index (χ3v) is 6.62. The van der Waals surface area contributed by atoms with Crippen molar-refractivity contribution in [3.05, 3.63) is 59.4 Å². The Bertz CT molecular complexity index is 1230. The Balaban J connectivity index is 1.39. The number of amidine groups is 1. The Hall–Kier alpha value is -3.39. The molecule has 2 atom stereocenters. The van der Waals surface area contributed by atoms with Gasteiger partial charge in [0.05, 0.1) is 29.3 Å². The van der Waals surface area contributed by atoms with Crippen LogP contribution in [0.15, 0.2) is 42.5 Å². The minimum atomic E-state index is -0.764. The summed E-state index contributed by atoms with van der Waals surface area (Å²) >= 11 is 0. The summed E-state index contributed by atoms with van der Waals surface area (Å²) in [7, 11) is 0. The van der Waals surface area contributed by atoms with Gasteiger partial charge in [0.1, 0.15) is 17.9 Å². The van der Waals surface area contributed by atoms with E-state index in [4.69, 9.17) is 10.4 Å². The number of amides is 2. The lowest BCUT2D eigenvalue weighted by molar-refractivity contribution is 0.135. The summed E-state index contributed by atoms with van der Waals surface area (Å²) in [6, 6.07) is 14.1. The van der Waals surface area contributed by atoms with Crippen molar-refractivity contribution in [1.82, 2.24) is 20.2 Å². The molecule has 2 unspecified atom stereocenters. The van der Waals surface area contributed by atoms with Gasteiger partial charge in [-0.3, -0.25) is 10.3 Å². The Morgan fingerprint density at radius 3 is 2.76 bits per heavy atom. The predicted octanol–water partition coefficient (Wildman–Crippen LogP) is 4.51. The van der Waals surface area contributed by atoms with Gasteiger partial charge < -0.3 is 20.3 Å². The number of aromatic amines is 1. The quantitative estimate of drug-likeness (QED) is 0.236. The number of hydrogen-bond donors (Lipinski definition) is 4. The lowest BCUT2D eigenvalue weighted by atomic mass is 10.0. The number of nitrogens with one attached hydrogen (secondary N) is 3. The normalized spacial score (nSPS) is 19.0. The first-order chi connectivity index (χ1) is 16.3. The molecule has 0 bridgehead atoms. The SMILES string of the molecule is CC(C)CC(O)NC(=N)c1ccc2[nH]c(CN3C(=O)N(C4CC4)C(C)c4ccccc43)nc2c1. The van der Waals surface area contributed by atoms with Gasteiger partial charge in [0.2, 0.25) is 0 Å². The first-order valence-corrected chi connectivity index (χ1v) is 12.0. The summed E-state index contributed by atoms with van der Waals surface area (Å²) in [6.07, 6.45) is 1.93. The van der Waals surface area contributed by atoms with E-state index in [1.54, 1.807) is 0 Å². The van der Waals surface area contributed by atoms with E-state index >= 15 is 0 Å². The van der Waals surface area contributed by atoms with E-state index in [1.165, 1.54) is 0 Å². The molecule has 34 heavy (non-hydrogen) atoms. The standard InChI is InChI=1S/C26H32N6O2/c1-15(2)12-24(33)30-25(27)17-8-11-20-21(13-17)29-23(28-20)14-31-22-7-5-4-6-19(22)16(3)32(26(31)34)18-9-10-18/h4-8,11,13,15-16,18,24,33H,9-10,12,14H2,1-3H3,(H2,27,30)(H,28,29).